The maximum atomic E-state index is 13.3. The van der Waals surface area contributed by atoms with Gasteiger partial charge in [-0.3, -0.25) is 4.79 Å². The minimum Gasteiger partial charge on any atom is -0.474 e. The molecule has 5 heterocycles. The molecule has 7 rings (SSSR count). The standard InChI is InChI=1S/C30H30N8O2/c1-17-20(16-38(36-17)29-32-9-6-10-33-29)28(39)37-14-21-22(15-37)27(21)40-26-13-19(30(2,3)31)12-25(35-26)24-11-18-7-4-5-8-23(18)34-24/h4-13,16,21-22,27,34H,14-15,31H2,1-3H3. The Morgan fingerprint density at radius 3 is 2.55 bits per heavy atom. The molecule has 2 atom stereocenters. The number of ether oxygens (including phenoxy) is 1. The highest BCUT2D eigenvalue weighted by atomic mass is 16.5. The zero-order chi connectivity index (χ0) is 27.6. The van der Waals surface area contributed by atoms with Gasteiger partial charge in [-0.15, -0.1) is 0 Å². The number of pyridine rings is 1. The maximum absolute atomic E-state index is 13.3. The Morgan fingerprint density at radius 1 is 1.07 bits per heavy atom. The van der Waals surface area contributed by atoms with Crippen molar-refractivity contribution in [3.8, 4) is 23.2 Å². The van der Waals surface area contributed by atoms with Crippen molar-refractivity contribution in [2.24, 2.45) is 17.6 Å². The highest BCUT2D eigenvalue weighted by Gasteiger charge is 2.59. The Bertz CT molecular complexity index is 1690. The Balaban J connectivity index is 1.07. The Morgan fingerprint density at radius 2 is 1.82 bits per heavy atom. The number of para-hydroxylation sites is 1. The molecule has 1 saturated heterocycles. The number of rotatable bonds is 6. The largest absolute Gasteiger partial charge is 0.474 e. The van der Waals surface area contributed by atoms with Gasteiger partial charge in [0.2, 0.25) is 11.8 Å². The summed E-state index contributed by atoms with van der Waals surface area (Å²) in [5, 5.41) is 5.57. The second kappa shape index (κ2) is 8.99. The summed E-state index contributed by atoms with van der Waals surface area (Å²) in [4.78, 5) is 32.0. The van der Waals surface area contributed by atoms with Crippen LogP contribution >= 0.6 is 0 Å². The fraction of sp³-hybridized carbons (Fsp3) is 0.300. The Hall–Kier alpha value is -4.57. The maximum Gasteiger partial charge on any atom is 0.257 e. The lowest BCUT2D eigenvalue weighted by molar-refractivity contribution is 0.0751. The van der Waals surface area contributed by atoms with Crippen molar-refractivity contribution < 1.29 is 9.53 Å². The highest BCUT2D eigenvalue weighted by molar-refractivity contribution is 5.95. The fourth-order valence-electron chi connectivity index (χ4n) is 5.59. The number of aromatic nitrogens is 6. The van der Waals surface area contributed by atoms with Crippen LogP contribution in [-0.2, 0) is 5.54 Å². The number of carbonyl (C=O) groups is 1. The Labute approximate surface area is 231 Å². The van der Waals surface area contributed by atoms with E-state index in [9.17, 15) is 4.79 Å². The first-order valence-corrected chi connectivity index (χ1v) is 13.4. The summed E-state index contributed by atoms with van der Waals surface area (Å²) in [5.74, 6) is 1.50. The number of hydrogen-bond acceptors (Lipinski definition) is 7. The molecule has 0 radical (unpaired) electrons. The molecule has 1 aliphatic heterocycles. The number of likely N-dealkylation sites (tertiary alicyclic amines) is 1. The highest BCUT2D eigenvalue weighted by Crippen LogP contribution is 2.48. The fourth-order valence-corrected chi connectivity index (χ4v) is 5.59. The van der Waals surface area contributed by atoms with Crippen molar-refractivity contribution in [1.29, 1.82) is 0 Å². The number of fused-ring (bicyclic) bond motifs is 2. The Kier molecular flexibility index (Phi) is 5.50. The molecule has 1 saturated carbocycles. The normalized spacial score (nSPS) is 20.1. The summed E-state index contributed by atoms with van der Waals surface area (Å²) in [5.41, 5.74) is 10.9. The van der Waals surface area contributed by atoms with E-state index in [2.05, 4.69) is 32.2 Å². The monoisotopic (exact) mass is 534 g/mol. The molecule has 0 spiro atoms. The average molecular weight is 535 g/mol. The summed E-state index contributed by atoms with van der Waals surface area (Å²) in [7, 11) is 0. The van der Waals surface area contributed by atoms with Crippen molar-refractivity contribution >= 4 is 16.8 Å². The number of H-pyrrole nitrogens is 1. The van der Waals surface area contributed by atoms with Crippen LogP contribution < -0.4 is 10.5 Å². The quantitative estimate of drug-likeness (QED) is 0.339. The van der Waals surface area contributed by atoms with Crippen molar-refractivity contribution in [2.75, 3.05) is 13.1 Å². The second-order valence-corrected chi connectivity index (χ2v) is 11.3. The van der Waals surface area contributed by atoms with E-state index in [0.29, 0.717) is 36.2 Å². The lowest BCUT2D eigenvalue weighted by Gasteiger charge is -2.22. The lowest BCUT2D eigenvalue weighted by Crippen LogP contribution is -2.33. The van der Waals surface area contributed by atoms with E-state index in [1.165, 1.54) is 0 Å². The summed E-state index contributed by atoms with van der Waals surface area (Å²) in [6.45, 7) is 7.06. The summed E-state index contributed by atoms with van der Waals surface area (Å²) >= 11 is 0. The van der Waals surface area contributed by atoms with Gasteiger partial charge in [-0.25, -0.2) is 19.6 Å². The number of amides is 1. The van der Waals surface area contributed by atoms with Gasteiger partial charge in [0.15, 0.2) is 0 Å². The molecule has 10 nitrogen and oxygen atoms in total. The van der Waals surface area contributed by atoms with Crippen LogP contribution in [0.2, 0.25) is 0 Å². The molecule has 3 N–H and O–H groups in total. The predicted molar refractivity (Wildman–Crippen MR) is 150 cm³/mol. The van der Waals surface area contributed by atoms with E-state index in [1.54, 1.807) is 29.3 Å². The number of aryl methyl sites for hydroxylation is 1. The number of benzene rings is 1. The molecule has 2 aliphatic rings. The van der Waals surface area contributed by atoms with Crippen LogP contribution in [0.5, 0.6) is 5.88 Å². The first kappa shape index (κ1) is 24.5. The van der Waals surface area contributed by atoms with E-state index in [4.69, 9.17) is 15.5 Å². The van der Waals surface area contributed by atoms with Gasteiger partial charge in [0, 0.05) is 66.0 Å². The van der Waals surface area contributed by atoms with E-state index in [-0.39, 0.29) is 23.8 Å². The van der Waals surface area contributed by atoms with Crippen LogP contribution in [0, 0.1) is 18.8 Å². The van der Waals surface area contributed by atoms with Gasteiger partial charge in [0.05, 0.1) is 22.6 Å². The summed E-state index contributed by atoms with van der Waals surface area (Å²) < 4.78 is 7.98. The first-order valence-electron chi connectivity index (χ1n) is 13.4. The van der Waals surface area contributed by atoms with Crippen molar-refractivity contribution in [3.05, 3.63) is 83.9 Å². The van der Waals surface area contributed by atoms with Crippen molar-refractivity contribution in [3.63, 3.8) is 0 Å². The van der Waals surface area contributed by atoms with Gasteiger partial charge >= 0.3 is 0 Å². The van der Waals surface area contributed by atoms with Gasteiger partial charge in [-0.1, -0.05) is 18.2 Å². The zero-order valence-corrected chi connectivity index (χ0v) is 22.6. The van der Waals surface area contributed by atoms with Crippen LogP contribution in [-0.4, -0.2) is 59.7 Å². The predicted octanol–water partition coefficient (Wildman–Crippen LogP) is 3.86. The molecule has 5 aromatic rings. The molecule has 4 aromatic heterocycles. The van der Waals surface area contributed by atoms with Crippen LogP contribution in [0.15, 0.2) is 67.1 Å². The van der Waals surface area contributed by atoms with E-state index < -0.39 is 5.54 Å². The third-order valence-corrected chi connectivity index (χ3v) is 7.90. The SMILES string of the molecule is Cc1nn(-c2ncccn2)cc1C(=O)N1CC2C(C1)C2Oc1cc(C(C)(C)N)cc(-c2cc3ccccc3[nH]2)n1. The third-order valence-electron chi connectivity index (χ3n) is 7.90. The van der Waals surface area contributed by atoms with Crippen molar-refractivity contribution in [2.45, 2.75) is 32.4 Å². The van der Waals surface area contributed by atoms with Gasteiger partial charge in [0.1, 0.15) is 6.10 Å². The molecule has 40 heavy (non-hydrogen) atoms. The van der Waals surface area contributed by atoms with Crippen LogP contribution in [0.25, 0.3) is 28.2 Å². The summed E-state index contributed by atoms with van der Waals surface area (Å²) in [6, 6.07) is 15.9. The molecule has 0 bridgehead atoms. The molecule has 1 aromatic carbocycles. The topological polar surface area (TPSA) is 128 Å². The van der Waals surface area contributed by atoms with Crippen molar-refractivity contribution in [1.82, 2.24) is 34.6 Å². The smallest absolute Gasteiger partial charge is 0.257 e. The molecule has 2 fully saturated rings. The van der Waals surface area contributed by atoms with Crippen LogP contribution in [0.1, 0.15) is 35.5 Å². The number of hydrogen-bond donors (Lipinski definition) is 2. The minimum absolute atomic E-state index is 0.0183. The molecular weight excluding hydrogens is 504 g/mol. The van der Waals surface area contributed by atoms with Gasteiger partial charge < -0.3 is 20.4 Å². The lowest BCUT2D eigenvalue weighted by atomic mass is 9.95. The van der Waals surface area contributed by atoms with E-state index >= 15 is 0 Å². The minimum atomic E-state index is -0.558. The van der Waals surface area contributed by atoms with E-state index in [1.807, 2.05) is 56.0 Å². The number of carbonyl (C=O) groups excluding carboxylic acids is 1. The average Bonchev–Trinajstić information content (AvgIpc) is 3.39. The number of aromatic amines is 1. The molecule has 1 aliphatic carbocycles. The first-order chi connectivity index (χ1) is 19.2. The number of nitrogens with one attached hydrogen (secondary N) is 1. The van der Waals surface area contributed by atoms with Gasteiger partial charge in [-0.2, -0.15) is 5.10 Å². The van der Waals surface area contributed by atoms with Gasteiger partial charge in [0.25, 0.3) is 5.91 Å². The number of piperidine rings is 1. The van der Waals surface area contributed by atoms with Crippen LogP contribution in [0.4, 0.5) is 0 Å². The number of nitrogens with two attached hydrogens (primary N) is 1. The van der Waals surface area contributed by atoms with E-state index in [0.717, 1.165) is 27.9 Å². The van der Waals surface area contributed by atoms with Gasteiger partial charge in [-0.05, 0) is 50.6 Å². The third kappa shape index (κ3) is 4.30. The molecular formula is C30H30N8O2. The zero-order valence-electron chi connectivity index (χ0n) is 22.6. The molecule has 10 heteroatoms. The molecule has 2 unspecified atom stereocenters. The summed E-state index contributed by atoms with van der Waals surface area (Å²) in [6.07, 6.45) is 5.03. The molecule has 202 valence electrons. The molecule has 1 amide bonds. The second-order valence-electron chi connectivity index (χ2n) is 11.3. The van der Waals surface area contributed by atoms with Crippen LogP contribution in [0.3, 0.4) is 0 Å². The number of nitrogens with zero attached hydrogens (tertiary/aromatic N) is 6.